The Hall–Kier alpha value is -3.12. The van der Waals surface area contributed by atoms with Crippen LogP contribution in [0.3, 0.4) is 0 Å². The lowest BCUT2D eigenvalue weighted by atomic mass is 9.89. The molecule has 0 unspecified atom stereocenters. The van der Waals surface area contributed by atoms with Gasteiger partial charge in [0.25, 0.3) is 0 Å². The number of benzene rings is 2. The van der Waals surface area contributed by atoms with Gasteiger partial charge in [-0.15, -0.1) is 0 Å². The van der Waals surface area contributed by atoms with Gasteiger partial charge < -0.3 is 14.6 Å². The summed E-state index contributed by atoms with van der Waals surface area (Å²) in [5.74, 6) is 0.683. The number of imidazole rings is 1. The minimum atomic E-state index is 0.597. The molecule has 1 saturated heterocycles. The second kappa shape index (κ2) is 12.2. The number of carbonyl (C=O) groups is 1. The van der Waals surface area contributed by atoms with Crippen molar-refractivity contribution in [2.45, 2.75) is 52.5 Å². The van der Waals surface area contributed by atoms with Crippen molar-refractivity contribution < 1.29 is 4.79 Å². The third-order valence-electron chi connectivity index (χ3n) is 7.01. The summed E-state index contributed by atoms with van der Waals surface area (Å²) in [6.07, 6.45) is 6.18. The van der Waals surface area contributed by atoms with Crippen molar-refractivity contribution in [2.24, 2.45) is 0 Å². The summed E-state index contributed by atoms with van der Waals surface area (Å²) in [6, 6.07) is 21.5. The average Bonchev–Trinajstić information content (AvgIpc) is 3.25. The van der Waals surface area contributed by atoms with Crippen LogP contribution in [-0.4, -0.2) is 28.9 Å². The number of aromatic nitrogens is 2. The number of piperidine rings is 1. The molecule has 0 radical (unpaired) electrons. The Balaban J connectivity index is 0.000000197. The Morgan fingerprint density at radius 2 is 1.72 bits per heavy atom. The van der Waals surface area contributed by atoms with E-state index in [1.54, 1.807) is 0 Å². The first-order valence-electron chi connectivity index (χ1n) is 12.7. The lowest BCUT2D eigenvalue weighted by Gasteiger charge is -2.34. The van der Waals surface area contributed by atoms with Gasteiger partial charge >= 0.3 is 0 Å². The minimum absolute atomic E-state index is 0.597. The van der Waals surface area contributed by atoms with Gasteiger partial charge in [0.15, 0.2) is 5.65 Å². The summed E-state index contributed by atoms with van der Waals surface area (Å²) in [5, 5.41) is 2.70. The van der Waals surface area contributed by atoms with Gasteiger partial charge in [-0.2, -0.15) is 0 Å². The number of nitrogens with zero attached hydrogens (tertiary/aromatic N) is 3. The first kappa shape index (κ1) is 26.0. The van der Waals surface area contributed by atoms with Crippen molar-refractivity contribution in [3.8, 4) is 0 Å². The highest BCUT2D eigenvalue weighted by Crippen LogP contribution is 2.30. The van der Waals surface area contributed by atoms with E-state index in [-0.39, 0.29) is 0 Å². The standard InChI is InChI=1S/C20H24N2O.C10H11BrN2/c1-16-2-6-18(7-3-16)19-10-12-22(13-11-19)20-8-4-17(5-9-20)14-21-15-23;1-3-9-7(2)13-6-4-5-8(11)10(13)12-9/h2-9,15,19H,10-14H2,1H3,(H,21,23);4-6H,3H2,1-2H3. The molecule has 0 aliphatic carbocycles. The molecule has 5 nitrogen and oxygen atoms in total. The normalized spacial score (nSPS) is 13.8. The van der Waals surface area contributed by atoms with Crippen LogP contribution in [0.4, 0.5) is 5.69 Å². The first-order valence-corrected chi connectivity index (χ1v) is 13.5. The fourth-order valence-corrected chi connectivity index (χ4v) is 5.26. The molecule has 0 atom stereocenters. The predicted octanol–water partition coefficient (Wildman–Crippen LogP) is 6.59. The van der Waals surface area contributed by atoms with Crippen LogP contribution in [0, 0.1) is 13.8 Å². The fraction of sp³-hybridized carbons (Fsp3) is 0.333. The van der Waals surface area contributed by atoms with Crippen LogP contribution in [0.25, 0.3) is 5.65 Å². The van der Waals surface area contributed by atoms with E-state index < -0.39 is 0 Å². The van der Waals surface area contributed by atoms with Gasteiger partial charge in [0.2, 0.25) is 6.41 Å². The van der Waals surface area contributed by atoms with Crippen LogP contribution in [-0.2, 0) is 17.8 Å². The molecule has 0 spiro atoms. The fourth-order valence-electron chi connectivity index (χ4n) is 4.83. The Morgan fingerprint density at radius 1 is 1.03 bits per heavy atom. The number of hydrogen-bond donors (Lipinski definition) is 1. The number of anilines is 1. The zero-order valence-corrected chi connectivity index (χ0v) is 23.0. The van der Waals surface area contributed by atoms with Crippen molar-refractivity contribution in [2.75, 3.05) is 18.0 Å². The maximum Gasteiger partial charge on any atom is 0.207 e. The van der Waals surface area contributed by atoms with Crippen LogP contribution >= 0.6 is 15.9 Å². The number of amides is 1. The maximum atomic E-state index is 10.3. The molecule has 0 saturated carbocycles. The van der Waals surface area contributed by atoms with E-state index in [9.17, 15) is 4.79 Å². The van der Waals surface area contributed by atoms with Gasteiger partial charge in [-0.05, 0) is 90.4 Å². The Labute approximate surface area is 222 Å². The van der Waals surface area contributed by atoms with E-state index in [1.165, 1.54) is 41.0 Å². The van der Waals surface area contributed by atoms with Crippen LogP contribution in [0.15, 0.2) is 71.3 Å². The molecule has 1 amide bonds. The number of halogens is 1. The van der Waals surface area contributed by atoms with E-state index in [0.29, 0.717) is 12.5 Å². The Bertz CT molecular complexity index is 1270. The maximum absolute atomic E-state index is 10.3. The topological polar surface area (TPSA) is 49.6 Å². The molecule has 4 aromatic rings. The summed E-state index contributed by atoms with van der Waals surface area (Å²) >= 11 is 3.49. The number of aryl methyl sites for hydroxylation is 3. The van der Waals surface area contributed by atoms with Crippen molar-refractivity contribution in [1.82, 2.24) is 14.7 Å². The van der Waals surface area contributed by atoms with Crippen molar-refractivity contribution in [1.29, 1.82) is 0 Å². The van der Waals surface area contributed by atoms with Crippen molar-refractivity contribution >= 4 is 33.7 Å². The molecule has 188 valence electrons. The molecule has 2 aromatic carbocycles. The van der Waals surface area contributed by atoms with Gasteiger partial charge in [-0.1, -0.05) is 48.9 Å². The van der Waals surface area contributed by atoms with Crippen LogP contribution in [0.1, 0.15) is 53.8 Å². The second-order valence-electron chi connectivity index (χ2n) is 9.38. The number of fused-ring (bicyclic) bond motifs is 1. The molecule has 36 heavy (non-hydrogen) atoms. The lowest BCUT2D eigenvalue weighted by molar-refractivity contribution is -0.109. The summed E-state index contributed by atoms with van der Waals surface area (Å²) in [5.41, 5.74) is 8.64. The molecule has 3 heterocycles. The highest BCUT2D eigenvalue weighted by molar-refractivity contribution is 9.10. The minimum Gasteiger partial charge on any atom is -0.371 e. The molecule has 1 fully saturated rings. The summed E-state index contributed by atoms with van der Waals surface area (Å²) in [7, 11) is 0. The number of pyridine rings is 1. The van der Waals surface area contributed by atoms with E-state index in [1.807, 2.05) is 18.3 Å². The molecular weight excluding hydrogens is 512 g/mol. The molecule has 1 N–H and O–H groups in total. The molecule has 0 bridgehead atoms. The third-order valence-corrected chi connectivity index (χ3v) is 7.63. The summed E-state index contributed by atoms with van der Waals surface area (Å²) < 4.78 is 3.17. The quantitative estimate of drug-likeness (QED) is 0.277. The van der Waals surface area contributed by atoms with E-state index in [2.05, 4.69) is 105 Å². The monoisotopic (exact) mass is 546 g/mol. The first-order chi connectivity index (χ1) is 17.5. The summed E-state index contributed by atoms with van der Waals surface area (Å²) in [4.78, 5) is 17.3. The molecular formula is C30H35BrN4O. The second-order valence-corrected chi connectivity index (χ2v) is 10.2. The largest absolute Gasteiger partial charge is 0.371 e. The van der Waals surface area contributed by atoms with E-state index in [4.69, 9.17) is 0 Å². The van der Waals surface area contributed by atoms with Gasteiger partial charge in [0.1, 0.15) is 0 Å². The molecule has 6 heteroatoms. The number of rotatable bonds is 6. The third kappa shape index (κ3) is 6.16. The van der Waals surface area contributed by atoms with Gasteiger partial charge in [0.05, 0.1) is 10.2 Å². The highest BCUT2D eigenvalue weighted by Gasteiger charge is 2.20. The van der Waals surface area contributed by atoms with Gasteiger partial charge in [-0.25, -0.2) is 4.98 Å². The number of nitrogens with one attached hydrogen (secondary N) is 1. The van der Waals surface area contributed by atoms with E-state index >= 15 is 0 Å². The molecule has 1 aliphatic heterocycles. The molecule has 2 aromatic heterocycles. The number of carbonyl (C=O) groups excluding carboxylic acids is 1. The molecule has 5 rings (SSSR count). The van der Waals surface area contributed by atoms with Crippen LogP contribution in [0.2, 0.25) is 0 Å². The smallest absolute Gasteiger partial charge is 0.207 e. The zero-order chi connectivity index (χ0) is 25.5. The summed E-state index contributed by atoms with van der Waals surface area (Å²) in [6.45, 7) is 9.17. The highest BCUT2D eigenvalue weighted by atomic mass is 79.9. The Kier molecular flexibility index (Phi) is 8.81. The molecule has 1 aliphatic rings. The average molecular weight is 548 g/mol. The SMILES string of the molecule is CCc1nc2c(Br)cccn2c1C.Cc1ccc(C2CCN(c3ccc(CNC=O)cc3)CC2)cc1. The van der Waals surface area contributed by atoms with Crippen molar-refractivity contribution in [3.63, 3.8) is 0 Å². The van der Waals surface area contributed by atoms with E-state index in [0.717, 1.165) is 41.6 Å². The van der Waals surface area contributed by atoms with Gasteiger partial charge in [-0.3, -0.25) is 4.79 Å². The number of hydrogen-bond acceptors (Lipinski definition) is 3. The lowest BCUT2D eigenvalue weighted by Crippen LogP contribution is -2.32. The Morgan fingerprint density at radius 3 is 2.33 bits per heavy atom. The predicted molar refractivity (Wildman–Crippen MR) is 152 cm³/mol. The van der Waals surface area contributed by atoms with Crippen LogP contribution in [0.5, 0.6) is 0 Å². The zero-order valence-electron chi connectivity index (χ0n) is 21.4. The van der Waals surface area contributed by atoms with Gasteiger partial charge in [0, 0.05) is 37.2 Å². The van der Waals surface area contributed by atoms with Crippen LogP contribution < -0.4 is 10.2 Å². The van der Waals surface area contributed by atoms with Crippen molar-refractivity contribution in [3.05, 3.63) is 99.4 Å².